The molecule has 5 heteroatoms. The summed E-state index contributed by atoms with van der Waals surface area (Å²) in [4.78, 5) is 15.6. The molecule has 0 atom stereocenters. The van der Waals surface area contributed by atoms with Gasteiger partial charge in [-0.25, -0.2) is 9.78 Å². The summed E-state index contributed by atoms with van der Waals surface area (Å²) >= 11 is 1.22. The molecule has 0 aliphatic carbocycles. The van der Waals surface area contributed by atoms with Crippen LogP contribution in [0, 0.1) is 6.92 Å². The van der Waals surface area contributed by atoms with Gasteiger partial charge in [0.15, 0.2) is 5.13 Å². The molecule has 0 amide bonds. The zero-order chi connectivity index (χ0) is 13.1. The van der Waals surface area contributed by atoms with Crippen LogP contribution in [0.25, 0.3) is 0 Å². The summed E-state index contributed by atoms with van der Waals surface area (Å²) in [5, 5.41) is 13.1. The van der Waals surface area contributed by atoms with Crippen LogP contribution >= 0.6 is 11.3 Å². The first kappa shape index (κ1) is 14.0. The molecule has 1 rings (SSSR count). The lowest BCUT2D eigenvalue weighted by atomic mass is 9.90. The van der Waals surface area contributed by atoms with Crippen LogP contribution in [0.1, 0.15) is 55.4 Å². The lowest BCUT2D eigenvalue weighted by molar-refractivity contribution is 0.0701. The van der Waals surface area contributed by atoms with Crippen LogP contribution < -0.4 is 5.32 Å². The molecule has 0 bridgehead atoms. The van der Waals surface area contributed by atoms with Crippen LogP contribution in [0.4, 0.5) is 5.13 Å². The zero-order valence-electron chi connectivity index (χ0n) is 10.8. The fourth-order valence-corrected chi connectivity index (χ4v) is 2.81. The van der Waals surface area contributed by atoms with Gasteiger partial charge >= 0.3 is 5.97 Å². The quantitative estimate of drug-likeness (QED) is 0.817. The fourth-order valence-electron chi connectivity index (χ4n) is 1.89. The Balaban J connectivity index is 2.95. The van der Waals surface area contributed by atoms with Crippen LogP contribution in [0.2, 0.25) is 0 Å². The molecule has 2 N–H and O–H groups in total. The van der Waals surface area contributed by atoms with Crippen molar-refractivity contribution in [1.82, 2.24) is 4.98 Å². The number of aromatic carboxylic acids is 1. The van der Waals surface area contributed by atoms with Crippen LogP contribution in [-0.2, 0) is 0 Å². The van der Waals surface area contributed by atoms with Gasteiger partial charge in [-0.2, -0.15) is 0 Å². The fraction of sp³-hybridized carbons (Fsp3) is 0.667. The van der Waals surface area contributed by atoms with Crippen LogP contribution in [-0.4, -0.2) is 21.6 Å². The molecule has 1 aromatic rings. The van der Waals surface area contributed by atoms with Crippen molar-refractivity contribution in [2.75, 3.05) is 5.32 Å². The molecule has 1 heterocycles. The highest BCUT2D eigenvalue weighted by Gasteiger charge is 2.25. The van der Waals surface area contributed by atoms with Gasteiger partial charge in [-0.3, -0.25) is 0 Å². The molecule has 0 fully saturated rings. The topological polar surface area (TPSA) is 62.2 Å². The van der Waals surface area contributed by atoms with Gasteiger partial charge in [0.05, 0.1) is 5.69 Å². The third-order valence-electron chi connectivity index (χ3n) is 3.39. The monoisotopic (exact) mass is 256 g/mol. The summed E-state index contributed by atoms with van der Waals surface area (Å²) < 4.78 is 0. The van der Waals surface area contributed by atoms with E-state index in [1.165, 1.54) is 11.3 Å². The highest BCUT2D eigenvalue weighted by molar-refractivity contribution is 7.17. The molecular formula is C12H20N2O2S. The van der Waals surface area contributed by atoms with E-state index in [0.717, 1.165) is 19.3 Å². The predicted octanol–water partition coefficient (Wildman–Crippen LogP) is 3.53. The highest BCUT2D eigenvalue weighted by atomic mass is 32.1. The van der Waals surface area contributed by atoms with Gasteiger partial charge in [0, 0.05) is 5.54 Å². The predicted molar refractivity (Wildman–Crippen MR) is 71.0 cm³/mol. The first-order valence-electron chi connectivity index (χ1n) is 5.97. The van der Waals surface area contributed by atoms with Crippen molar-refractivity contribution in [3.63, 3.8) is 0 Å². The van der Waals surface area contributed by atoms with E-state index in [-0.39, 0.29) is 5.54 Å². The second-order valence-electron chi connectivity index (χ2n) is 4.20. The minimum Gasteiger partial charge on any atom is -0.477 e. The summed E-state index contributed by atoms with van der Waals surface area (Å²) in [6, 6.07) is 0. The number of hydrogen-bond donors (Lipinski definition) is 2. The molecule has 0 saturated carbocycles. The first-order chi connectivity index (χ1) is 7.98. The number of carbonyl (C=O) groups is 1. The Morgan fingerprint density at radius 3 is 2.24 bits per heavy atom. The summed E-state index contributed by atoms with van der Waals surface area (Å²) in [6.07, 6.45) is 3.00. The molecular weight excluding hydrogens is 236 g/mol. The molecule has 96 valence electrons. The maximum Gasteiger partial charge on any atom is 0.347 e. The minimum absolute atomic E-state index is 0.0278. The third kappa shape index (κ3) is 2.97. The number of thiazole rings is 1. The van der Waals surface area contributed by atoms with Crippen molar-refractivity contribution in [3.8, 4) is 0 Å². The van der Waals surface area contributed by atoms with Crippen molar-refractivity contribution in [2.45, 2.75) is 52.5 Å². The Morgan fingerprint density at radius 2 is 1.88 bits per heavy atom. The van der Waals surface area contributed by atoms with Crippen molar-refractivity contribution >= 4 is 22.4 Å². The second-order valence-corrected chi connectivity index (χ2v) is 5.20. The largest absolute Gasteiger partial charge is 0.477 e. The Labute approximate surface area is 106 Å². The summed E-state index contributed by atoms with van der Waals surface area (Å²) in [7, 11) is 0. The maximum atomic E-state index is 11.0. The number of carboxylic acids is 1. The third-order valence-corrected chi connectivity index (χ3v) is 4.45. The van der Waals surface area contributed by atoms with E-state index in [4.69, 9.17) is 5.11 Å². The van der Waals surface area contributed by atoms with E-state index in [1.807, 2.05) is 0 Å². The minimum atomic E-state index is -0.900. The number of hydrogen-bond acceptors (Lipinski definition) is 4. The molecule has 0 radical (unpaired) electrons. The van der Waals surface area contributed by atoms with E-state index in [0.29, 0.717) is 15.7 Å². The van der Waals surface area contributed by atoms with Gasteiger partial charge in [0.1, 0.15) is 4.88 Å². The van der Waals surface area contributed by atoms with E-state index in [1.54, 1.807) is 6.92 Å². The molecule has 0 saturated heterocycles. The molecule has 0 aromatic carbocycles. The summed E-state index contributed by atoms with van der Waals surface area (Å²) in [5.74, 6) is -0.900. The zero-order valence-corrected chi connectivity index (χ0v) is 11.6. The SMILES string of the molecule is CCC(CC)(CC)Nc1nc(C)c(C(=O)O)s1. The molecule has 4 nitrogen and oxygen atoms in total. The molecule has 0 aliphatic rings. The van der Waals surface area contributed by atoms with Gasteiger partial charge in [0.25, 0.3) is 0 Å². The molecule has 0 aliphatic heterocycles. The van der Waals surface area contributed by atoms with Crippen molar-refractivity contribution < 1.29 is 9.90 Å². The average molecular weight is 256 g/mol. The highest BCUT2D eigenvalue weighted by Crippen LogP contribution is 2.29. The summed E-state index contributed by atoms with van der Waals surface area (Å²) in [5.41, 5.74) is 0.613. The van der Waals surface area contributed by atoms with Crippen LogP contribution in [0.3, 0.4) is 0 Å². The van der Waals surface area contributed by atoms with Crippen molar-refractivity contribution in [2.24, 2.45) is 0 Å². The van der Waals surface area contributed by atoms with Gasteiger partial charge in [-0.15, -0.1) is 0 Å². The number of aryl methyl sites for hydroxylation is 1. The molecule has 0 spiro atoms. The Hall–Kier alpha value is -1.10. The average Bonchev–Trinajstić information content (AvgIpc) is 2.67. The standard InChI is InChI=1S/C12H20N2O2S/c1-5-12(6-2,7-3)14-11-13-8(4)9(17-11)10(15)16/h5-7H2,1-4H3,(H,13,14)(H,15,16). The lowest BCUT2D eigenvalue weighted by Gasteiger charge is -2.31. The Morgan fingerprint density at radius 1 is 1.35 bits per heavy atom. The van der Waals surface area contributed by atoms with Crippen molar-refractivity contribution in [1.29, 1.82) is 0 Å². The second kappa shape index (κ2) is 5.49. The van der Waals surface area contributed by atoms with E-state index < -0.39 is 5.97 Å². The summed E-state index contributed by atoms with van der Waals surface area (Å²) in [6.45, 7) is 8.15. The lowest BCUT2D eigenvalue weighted by Crippen LogP contribution is -2.35. The molecule has 17 heavy (non-hydrogen) atoms. The van der Waals surface area contributed by atoms with Gasteiger partial charge in [0.2, 0.25) is 0 Å². The molecule has 0 unspecified atom stereocenters. The number of nitrogens with zero attached hydrogens (tertiary/aromatic N) is 1. The van der Waals surface area contributed by atoms with Crippen LogP contribution in [0.5, 0.6) is 0 Å². The normalized spacial score (nSPS) is 11.5. The van der Waals surface area contributed by atoms with Gasteiger partial charge < -0.3 is 10.4 Å². The Bertz CT molecular complexity index is 389. The number of nitrogens with one attached hydrogen (secondary N) is 1. The number of rotatable bonds is 6. The van der Waals surface area contributed by atoms with Gasteiger partial charge in [-0.1, -0.05) is 32.1 Å². The maximum absolute atomic E-state index is 11.0. The number of anilines is 1. The number of aromatic nitrogens is 1. The number of carboxylic acid groups (broad SMARTS) is 1. The van der Waals surface area contributed by atoms with Crippen LogP contribution in [0.15, 0.2) is 0 Å². The van der Waals surface area contributed by atoms with E-state index in [9.17, 15) is 4.79 Å². The Kier molecular flexibility index (Phi) is 4.51. The van der Waals surface area contributed by atoms with E-state index >= 15 is 0 Å². The molecule has 1 aromatic heterocycles. The van der Waals surface area contributed by atoms with Crippen molar-refractivity contribution in [3.05, 3.63) is 10.6 Å². The van der Waals surface area contributed by atoms with E-state index in [2.05, 4.69) is 31.1 Å². The van der Waals surface area contributed by atoms with Gasteiger partial charge in [-0.05, 0) is 26.2 Å². The smallest absolute Gasteiger partial charge is 0.347 e. The first-order valence-corrected chi connectivity index (χ1v) is 6.78.